The predicted molar refractivity (Wildman–Crippen MR) is 129 cm³/mol. The normalized spacial score (nSPS) is 26.3. The number of nitrogens with one attached hydrogen (secondary N) is 2. The Labute approximate surface area is 199 Å². The number of Topliss-reactive ketones (excluding diaryl/α,β-unsaturated/α-hetero) is 1. The molecule has 0 saturated heterocycles. The number of ketones is 1. The van der Waals surface area contributed by atoms with Crippen molar-refractivity contribution in [2.75, 3.05) is 11.0 Å². The number of sulfonamides is 1. The van der Waals surface area contributed by atoms with Crippen LogP contribution in [-0.2, 0) is 26.7 Å². The topological polar surface area (TPSA) is 116 Å². The van der Waals surface area contributed by atoms with E-state index in [-0.39, 0.29) is 17.6 Å². The molecule has 4 atom stereocenters. The second kappa shape index (κ2) is 8.10. The minimum atomic E-state index is -3.35. The van der Waals surface area contributed by atoms with E-state index in [2.05, 4.69) is 28.0 Å². The molecule has 2 aliphatic carbocycles. The first-order valence-electron chi connectivity index (χ1n) is 11.4. The smallest absolute Gasteiger partial charge is 0.229 e. The van der Waals surface area contributed by atoms with Gasteiger partial charge >= 0.3 is 0 Å². The van der Waals surface area contributed by atoms with Gasteiger partial charge in [0.1, 0.15) is 5.92 Å². The quantitative estimate of drug-likeness (QED) is 0.592. The van der Waals surface area contributed by atoms with Crippen LogP contribution in [-0.4, -0.2) is 30.7 Å². The number of anilines is 1. The number of hydrogen-bond donors (Lipinski definition) is 2. The van der Waals surface area contributed by atoms with Gasteiger partial charge in [-0.15, -0.1) is 0 Å². The van der Waals surface area contributed by atoms with Crippen LogP contribution in [0.4, 0.5) is 5.69 Å². The predicted octanol–water partition coefficient (Wildman–Crippen LogP) is 4.05. The molecule has 34 heavy (non-hydrogen) atoms. The average molecular weight is 475 g/mol. The number of carbonyl (C=O) groups is 1. The number of benzene rings is 2. The number of nitriles is 1. The van der Waals surface area contributed by atoms with Crippen molar-refractivity contribution >= 4 is 21.5 Å². The minimum Gasteiger partial charge on any atom is -0.298 e. The summed E-state index contributed by atoms with van der Waals surface area (Å²) in [5.41, 5.74) is 4.90. The Morgan fingerprint density at radius 1 is 1.15 bits per heavy atom. The zero-order chi connectivity index (χ0) is 24.1. The van der Waals surface area contributed by atoms with Crippen molar-refractivity contribution in [1.82, 2.24) is 10.2 Å². The molecule has 1 unspecified atom stereocenters. The summed E-state index contributed by atoms with van der Waals surface area (Å²) in [5, 5.41) is 17.8. The molecule has 1 heterocycles. The minimum absolute atomic E-state index is 0.0382. The summed E-state index contributed by atoms with van der Waals surface area (Å²) in [4.78, 5) is 13.0. The SMILES string of the molecule is C[C@@H]1C(=O)C(C#N)C[C@]2(c3ccccc3)c3[nH]nc(-c4ccc(NS(C)(=O)=O)cc4)c3CC[C@@H]12. The van der Waals surface area contributed by atoms with Crippen LogP contribution in [0.15, 0.2) is 54.6 Å². The fourth-order valence-corrected chi connectivity index (χ4v) is 6.61. The van der Waals surface area contributed by atoms with Gasteiger partial charge in [-0.25, -0.2) is 8.42 Å². The van der Waals surface area contributed by atoms with Gasteiger partial charge in [-0.3, -0.25) is 14.6 Å². The largest absolute Gasteiger partial charge is 0.298 e. The lowest BCUT2D eigenvalue weighted by molar-refractivity contribution is -0.131. The van der Waals surface area contributed by atoms with E-state index in [4.69, 9.17) is 5.10 Å². The van der Waals surface area contributed by atoms with Crippen LogP contribution in [0, 0.1) is 29.1 Å². The van der Waals surface area contributed by atoms with E-state index in [1.807, 2.05) is 37.3 Å². The van der Waals surface area contributed by atoms with E-state index < -0.39 is 21.4 Å². The second-order valence-electron chi connectivity index (χ2n) is 9.44. The van der Waals surface area contributed by atoms with Crippen LogP contribution >= 0.6 is 0 Å². The Morgan fingerprint density at radius 2 is 1.85 bits per heavy atom. The number of aromatic nitrogens is 2. The van der Waals surface area contributed by atoms with Crippen molar-refractivity contribution in [3.8, 4) is 17.3 Å². The monoisotopic (exact) mass is 474 g/mol. The Balaban J connectivity index is 1.64. The highest BCUT2D eigenvalue weighted by Crippen LogP contribution is 2.56. The molecular weight excluding hydrogens is 448 g/mol. The lowest BCUT2D eigenvalue weighted by atomic mass is 9.51. The molecular formula is C26H26N4O3S. The summed E-state index contributed by atoms with van der Waals surface area (Å²) in [6.07, 6.45) is 3.16. The maximum Gasteiger partial charge on any atom is 0.229 e. The summed E-state index contributed by atoms with van der Waals surface area (Å²) in [7, 11) is -3.35. The number of carbonyl (C=O) groups excluding carboxylic acids is 1. The Bertz CT molecular complexity index is 1390. The van der Waals surface area contributed by atoms with Crippen LogP contribution in [0.3, 0.4) is 0 Å². The Morgan fingerprint density at radius 3 is 2.50 bits per heavy atom. The van der Waals surface area contributed by atoms with Crippen molar-refractivity contribution in [2.45, 2.75) is 31.6 Å². The number of nitrogens with zero attached hydrogens (tertiary/aromatic N) is 2. The highest BCUT2D eigenvalue weighted by molar-refractivity contribution is 7.92. The van der Waals surface area contributed by atoms with E-state index >= 15 is 0 Å². The molecule has 0 bridgehead atoms. The highest BCUT2D eigenvalue weighted by atomic mass is 32.2. The third-order valence-corrected chi connectivity index (χ3v) is 8.09. The number of hydrogen-bond acceptors (Lipinski definition) is 5. The molecule has 1 saturated carbocycles. The van der Waals surface area contributed by atoms with Crippen molar-refractivity contribution < 1.29 is 13.2 Å². The van der Waals surface area contributed by atoms with E-state index in [1.165, 1.54) is 0 Å². The molecule has 2 aliphatic rings. The summed E-state index contributed by atoms with van der Waals surface area (Å²) in [5.74, 6) is -0.768. The van der Waals surface area contributed by atoms with Gasteiger partial charge in [-0.2, -0.15) is 10.4 Å². The van der Waals surface area contributed by atoms with Crippen molar-refractivity contribution in [2.24, 2.45) is 17.8 Å². The van der Waals surface area contributed by atoms with E-state index in [9.17, 15) is 18.5 Å². The van der Waals surface area contributed by atoms with Crippen LogP contribution in [0.1, 0.15) is 36.6 Å². The van der Waals surface area contributed by atoms with Crippen molar-refractivity contribution in [1.29, 1.82) is 5.26 Å². The first-order valence-corrected chi connectivity index (χ1v) is 13.3. The zero-order valence-electron chi connectivity index (χ0n) is 19.1. The standard InChI is InChI=1S/C26H26N4O3S/c1-16-22-13-12-21-23(17-8-10-20(11-9-17)30-34(2,32)33)28-29-25(21)26(22,14-18(15-27)24(16)31)19-6-4-3-5-7-19/h3-11,16,18,22,30H,12-14H2,1-2H3,(H,28,29)/t16-,18?,22-,26+/m0/s1. The van der Waals surface area contributed by atoms with Gasteiger partial charge in [0.05, 0.1) is 18.0 Å². The molecule has 5 rings (SSSR count). The molecule has 0 aliphatic heterocycles. The van der Waals surface area contributed by atoms with Gasteiger partial charge in [0, 0.05) is 33.8 Å². The average Bonchev–Trinajstić information content (AvgIpc) is 3.26. The van der Waals surface area contributed by atoms with Crippen LogP contribution in [0.2, 0.25) is 0 Å². The van der Waals surface area contributed by atoms with Gasteiger partial charge in [0.15, 0.2) is 5.78 Å². The summed E-state index contributed by atoms with van der Waals surface area (Å²) >= 11 is 0. The first kappa shape index (κ1) is 22.4. The molecule has 7 nitrogen and oxygen atoms in total. The third-order valence-electron chi connectivity index (χ3n) is 7.48. The van der Waals surface area contributed by atoms with Gasteiger partial charge in [-0.05, 0) is 42.9 Å². The Kier molecular flexibility index (Phi) is 5.33. The molecule has 2 aromatic carbocycles. The van der Waals surface area contributed by atoms with Crippen molar-refractivity contribution in [3.63, 3.8) is 0 Å². The maximum atomic E-state index is 13.0. The van der Waals surface area contributed by atoms with Gasteiger partial charge in [0.2, 0.25) is 10.0 Å². The van der Waals surface area contributed by atoms with E-state index in [0.717, 1.165) is 47.2 Å². The van der Waals surface area contributed by atoms with Gasteiger partial charge < -0.3 is 0 Å². The number of fused-ring (bicyclic) bond motifs is 3. The zero-order valence-corrected chi connectivity index (χ0v) is 19.9. The molecule has 3 aromatic rings. The van der Waals surface area contributed by atoms with Crippen LogP contribution < -0.4 is 4.72 Å². The van der Waals surface area contributed by atoms with Crippen LogP contribution in [0.25, 0.3) is 11.3 Å². The van der Waals surface area contributed by atoms with Crippen molar-refractivity contribution in [3.05, 3.63) is 71.4 Å². The summed E-state index contributed by atoms with van der Waals surface area (Å²) in [6.45, 7) is 1.96. The third kappa shape index (κ3) is 3.51. The maximum absolute atomic E-state index is 13.0. The lowest BCUT2D eigenvalue weighted by Crippen LogP contribution is -2.52. The molecule has 0 spiro atoms. The molecule has 8 heteroatoms. The molecule has 1 fully saturated rings. The molecule has 0 radical (unpaired) electrons. The summed E-state index contributed by atoms with van der Waals surface area (Å²) in [6, 6.07) is 19.6. The van der Waals surface area contributed by atoms with E-state index in [0.29, 0.717) is 12.1 Å². The van der Waals surface area contributed by atoms with E-state index in [1.54, 1.807) is 12.1 Å². The Hall–Kier alpha value is -3.44. The first-order chi connectivity index (χ1) is 16.2. The number of H-pyrrole nitrogens is 1. The fraction of sp³-hybridized carbons (Fsp3) is 0.346. The fourth-order valence-electron chi connectivity index (χ4n) is 6.05. The number of aromatic amines is 1. The molecule has 0 amide bonds. The molecule has 174 valence electrons. The molecule has 1 aromatic heterocycles. The van der Waals surface area contributed by atoms with Crippen LogP contribution in [0.5, 0.6) is 0 Å². The summed E-state index contributed by atoms with van der Waals surface area (Å²) < 4.78 is 25.6. The number of rotatable bonds is 4. The van der Waals surface area contributed by atoms with Gasteiger partial charge in [0.25, 0.3) is 0 Å². The molecule has 2 N–H and O–H groups in total. The second-order valence-corrected chi connectivity index (χ2v) is 11.2. The highest BCUT2D eigenvalue weighted by Gasteiger charge is 2.56. The lowest BCUT2D eigenvalue weighted by Gasteiger charge is -2.50. The van der Waals surface area contributed by atoms with Gasteiger partial charge in [-0.1, -0.05) is 49.4 Å².